The molecule has 0 aliphatic rings. The topological polar surface area (TPSA) is 84.0 Å². The van der Waals surface area contributed by atoms with E-state index in [0.29, 0.717) is 5.56 Å². The lowest BCUT2D eigenvalue weighted by molar-refractivity contribution is -0.119. The molecule has 2 N–H and O–H groups in total. The molecule has 1 aromatic carbocycles. The van der Waals surface area contributed by atoms with Crippen LogP contribution in [0.2, 0.25) is 0 Å². The number of thioether (sulfide) groups is 1. The van der Waals surface area contributed by atoms with E-state index >= 15 is 0 Å². The Morgan fingerprint density at radius 1 is 1.20 bits per heavy atom. The van der Waals surface area contributed by atoms with Crippen molar-refractivity contribution in [1.82, 2.24) is 21.0 Å². The smallest absolute Gasteiger partial charge is 0.269 e. The Hall–Kier alpha value is -1.93. The number of hydrazine groups is 1. The maximum atomic E-state index is 11.7. The zero-order valence-electron chi connectivity index (χ0n) is 10.6. The van der Waals surface area contributed by atoms with Crippen LogP contribution in [0.4, 0.5) is 0 Å². The van der Waals surface area contributed by atoms with Gasteiger partial charge >= 0.3 is 0 Å². The SMILES string of the molecule is Cc1nnc(SCC(=O)NNC(=O)c2ccccc2)s1. The third kappa shape index (κ3) is 4.32. The predicted molar refractivity (Wildman–Crippen MR) is 77.4 cm³/mol. The fourth-order valence-corrected chi connectivity index (χ4v) is 2.90. The summed E-state index contributed by atoms with van der Waals surface area (Å²) in [4.78, 5) is 23.2. The van der Waals surface area contributed by atoms with Gasteiger partial charge in [-0.15, -0.1) is 10.2 Å². The van der Waals surface area contributed by atoms with Gasteiger partial charge in [0.25, 0.3) is 5.91 Å². The van der Waals surface area contributed by atoms with Crippen molar-refractivity contribution in [3.05, 3.63) is 40.9 Å². The van der Waals surface area contributed by atoms with Crippen molar-refractivity contribution in [2.75, 3.05) is 5.75 Å². The Bertz CT molecular complexity index is 601. The molecule has 6 nitrogen and oxygen atoms in total. The van der Waals surface area contributed by atoms with Gasteiger partial charge in [0.15, 0.2) is 4.34 Å². The highest BCUT2D eigenvalue weighted by Gasteiger charge is 2.08. The van der Waals surface area contributed by atoms with Crippen molar-refractivity contribution in [1.29, 1.82) is 0 Å². The largest absolute Gasteiger partial charge is 0.272 e. The molecular formula is C12H12N4O2S2. The van der Waals surface area contributed by atoms with Gasteiger partial charge in [-0.05, 0) is 19.1 Å². The summed E-state index contributed by atoms with van der Waals surface area (Å²) >= 11 is 2.70. The van der Waals surface area contributed by atoms with E-state index < -0.39 is 0 Å². The van der Waals surface area contributed by atoms with Crippen LogP contribution in [-0.4, -0.2) is 27.8 Å². The average molecular weight is 308 g/mol. The lowest BCUT2D eigenvalue weighted by Gasteiger charge is -2.06. The summed E-state index contributed by atoms with van der Waals surface area (Å²) in [6, 6.07) is 8.66. The lowest BCUT2D eigenvalue weighted by atomic mass is 10.2. The number of hydrogen-bond donors (Lipinski definition) is 2. The molecule has 2 amide bonds. The molecular weight excluding hydrogens is 296 g/mol. The molecule has 20 heavy (non-hydrogen) atoms. The molecule has 0 radical (unpaired) electrons. The lowest BCUT2D eigenvalue weighted by Crippen LogP contribution is -2.42. The fourth-order valence-electron chi connectivity index (χ4n) is 1.29. The Balaban J connectivity index is 1.74. The molecule has 0 saturated carbocycles. The van der Waals surface area contributed by atoms with Gasteiger partial charge in [0.2, 0.25) is 5.91 Å². The molecule has 0 unspecified atom stereocenters. The van der Waals surface area contributed by atoms with Crippen molar-refractivity contribution in [3.8, 4) is 0 Å². The highest BCUT2D eigenvalue weighted by molar-refractivity contribution is 8.01. The number of nitrogens with zero attached hydrogens (tertiary/aromatic N) is 2. The number of benzene rings is 1. The Kier molecular flexibility index (Phi) is 5.08. The van der Waals surface area contributed by atoms with Gasteiger partial charge in [-0.25, -0.2) is 0 Å². The molecule has 0 atom stereocenters. The third-order valence-corrected chi connectivity index (χ3v) is 4.16. The molecule has 1 heterocycles. The van der Waals surface area contributed by atoms with Gasteiger partial charge in [-0.3, -0.25) is 20.4 Å². The molecule has 0 saturated heterocycles. The van der Waals surface area contributed by atoms with Gasteiger partial charge < -0.3 is 0 Å². The number of nitrogens with one attached hydrogen (secondary N) is 2. The van der Waals surface area contributed by atoms with E-state index in [1.807, 2.05) is 13.0 Å². The third-order valence-electron chi connectivity index (χ3n) is 2.19. The molecule has 0 aliphatic heterocycles. The maximum absolute atomic E-state index is 11.7. The van der Waals surface area contributed by atoms with Gasteiger partial charge in [0.05, 0.1) is 5.75 Å². The van der Waals surface area contributed by atoms with Crippen LogP contribution in [0, 0.1) is 6.92 Å². The number of rotatable bonds is 4. The van der Waals surface area contributed by atoms with Crippen LogP contribution >= 0.6 is 23.1 Å². The summed E-state index contributed by atoms with van der Waals surface area (Å²) < 4.78 is 0.729. The molecule has 0 spiro atoms. The van der Waals surface area contributed by atoms with E-state index in [1.54, 1.807) is 24.3 Å². The first-order valence-electron chi connectivity index (χ1n) is 5.72. The highest BCUT2D eigenvalue weighted by atomic mass is 32.2. The zero-order chi connectivity index (χ0) is 14.4. The molecule has 8 heteroatoms. The molecule has 2 aromatic rings. The fraction of sp³-hybridized carbons (Fsp3) is 0.167. The summed E-state index contributed by atoms with van der Waals surface area (Å²) in [7, 11) is 0. The van der Waals surface area contributed by atoms with E-state index in [9.17, 15) is 9.59 Å². The monoisotopic (exact) mass is 308 g/mol. The minimum Gasteiger partial charge on any atom is -0.272 e. The summed E-state index contributed by atoms with van der Waals surface area (Å²) in [6.07, 6.45) is 0. The molecule has 104 valence electrons. The first kappa shape index (κ1) is 14.5. The number of carbonyl (C=O) groups excluding carboxylic acids is 2. The number of aromatic nitrogens is 2. The average Bonchev–Trinajstić information content (AvgIpc) is 2.89. The Morgan fingerprint density at radius 2 is 1.95 bits per heavy atom. The second-order valence-corrected chi connectivity index (χ2v) is 6.15. The number of aryl methyl sites for hydroxylation is 1. The first-order chi connectivity index (χ1) is 9.65. The van der Waals surface area contributed by atoms with E-state index in [0.717, 1.165) is 9.35 Å². The van der Waals surface area contributed by atoms with Crippen LogP contribution in [0.3, 0.4) is 0 Å². The van der Waals surface area contributed by atoms with Crippen molar-refractivity contribution < 1.29 is 9.59 Å². The Morgan fingerprint density at radius 3 is 2.60 bits per heavy atom. The van der Waals surface area contributed by atoms with E-state index in [1.165, 1.54) is 23.1 Å². The highest BCUT2D eigenvalue weighted by Crippen LogP contribution is 2.21. The zero-order valence-corrected chi connectivity index (χ0v) is 12.3. The van der Waals surface area contributed by atoms with Crippen molar-refractivity contribution in [2.24, 2.45) is 0 Å². The first-order valence-corrected chi connectivity index (χ1v) is 7.52. The van der Waals surface area contributed by atoms with E-state index in [2.05, 4.69) is 21.0 Å². The summed E-state index contributed by atoms with van der Waals surface area (Å²) in [5.74, 6) is -0.480. The Labute approximate surface area is 124 Å². The summed E-state index contributed by atoms with van der Waals surface area (Å²) in [5, 5.41) is 8.60. The van der Waals surface area contributed by atoms with Crippen LogP contribution in [0.5, 0.6) is 0 Å². The van der Waals surface area contributed by atoms with E-state index in [4.69, 9.17) is 0 Å². The summed E-state index contributed by atoms with van der Waals surface area (Å²) in [6.45, 7) is 1.85. The van der Waals surface area contributed by atoms with Crippen molar-refractivity contribution >= 4 is 34.9 Å². The van der Waals surface area contributed by atoms with E-state index in [-0.39, 0.29) is 17.6 Å². The molecule has 0 aliphatic carbocycles. The quantitative estimate of drug-likeness (QED) is 0.659. The standard InChI is InChI=1S/C12H12N4O2S2/c1-8-13-16-12(20-8)19-7-10(17)14-15-11(18)9-5-3-2-4-6-9/h2-6H,7H2,1H3,(H,14,17)(H,15,18). The van der Waals surface area contributed by atoms with Gasteiger partial charge in [-0.2, -0.15) is 0 Å². The second-order valence-electron chi connectivity index (χ2n) is 3.74. The normalized spacial score (nSPS) is 10.1. The summed E-state index contributed by atoms with van der Waals surface area (Å²) in [5.41, 5.74) is 5.20. The number of amides is 2. The predicted octanol–water partition coefficient (Wildman–Crippen LogP) is 1.40. The second kappa shape index (κ2) is 7.01. The minimum absolute atomic E-state index is 0.170. The van der Waals surface area contributed by atoms with Crippen LogP contribution in [-0.2, 0) is 4.79 Å². The van der Waals surface area contributed by atoms with Gasteiger partial charge in [0, 0.05) is 5.56 Å². The van der Waals surface area contributed by atoms with Crippen LogP contribution in [0.15, 0.2) is 34.7 Å². The van der Waals surface area contributed by atoms with Gasteiger partial charge in [0.1, 0.15) is 5.01 Å². The van der Waals surface area contributed by atoms with Crippen molar-refractivity contribution in [3.63, 3.8) is 0 Å². The molecule has 1 aromatic heterocycles. The van der Waals surface area contributed by atoms with Crippen LogP contribution < -0.4 is 10.9 Å². The molecule has 2 rings (SSSR count). The van der Waals surface area contributed by atoms with Crippen molar-refractivity contribution in [2.45, 2.75) is 11.3 Å². The molecule has 0 bridgehead atoms. The maximum Gasteiger partial charge on any atom is 0.269 e. The number of carbonyl (C=O) groups is 2. The van der Waals surface area contributed by atoms with Gasteiger partial charge in [-0.1, -0.05) is 41.3 Å². The van der Waals surface area contributed by atoms with Crippen LogP contribution in [0.25, 0.3) is 0 Å². The molecule has 0 fully saturated rings. The minimum atomic E-state index is -0.351. The number of hydrogen-bond acceptors (Lipinski definition) is 6. The van der Waals surface area contributed by atoms with Crippen LogP contribution in [0.1, 0.15) is 15.4 Å².